The third-order valence-corrected chi connectivity index (χ3v) is 3.11. The van der Waals surface area contributed by atoms with Gasteiger partial charge in [-0.15, -0.1) is 16.4 Å². The Kier molecular flexibility index (Phi) is 3.53. The predicted molar refractivity (Wildman–Crippen MR) is 63.4 cm³/mol. The monoisotopic (exact) mass is 238 g/mol. The van der Waals surface area contributed by atoms with Crippen LogP contribution in [0.4, 0.5) is 6.01 Å². The smallest absolute Gasteiger partial charge is 0.315 e. The first-order chi connectivity index (χ1) is 7.79. The van der Waals surface area contributed by atoms with Gasteiger partial charge in [0.1, 0.15) is 0 Å². The fourth-order valence-electron chi connectivity index (χ4n) is 1.18. The largest absolute Gasteiger partial charge is 0.406 e. The first kappa shape index (κ1) is 11.1. The van der Waals surface area contributed by atoms with Gasteiger partial charge in [0.05, 0.1) is 12.6 Å². The molecule has 0 spiro atoms. The molecule has 2 N–H and O–H groups in total. The summed E-state index contributed by atoms with van der Waals surface area (Å²) < 4.78 is 5.44. The van der Waals surface area contributed by atoms with Crippen LogP contribution >= 0.6 is 11.3 Å². The molecule has 2 aromatic heterocycles. The lowest BCUT2D eigenvalue weighted by Crippen LogP contribution is -2.12. The maximum atomic E-state index is 5.44. The Hall–Kier alpha value is -1.40. The summed E-state index contributed by atoms with van der Waals surface area (Å²) in [5.74, 6) is 0.594. The minimum atomic E-state index is 0.0739. The fraction of sp³-hybridized carbons (Fsp3) is 0.400. The van der Waals surface area contributed by atoms with Gasteiger partial charge in [-0.05, 0) is 25.4 Å². The number of hydrogen-bond donors (Lipinski definition) is 2. The van der Waals surface area contributed by atoms with Crippen molar-refractivity contribution < 1.29 is 4.42 Å². The molecule has 2 rings (SSSR count). The third-order valence-electron chi connectivity index (χ3n) is 2.24. The van der Waals surface area contributed by atoms with Crippen LogP contribution in [0, 0.1) is 0 Å². The highest BCUT2D eigenvalue weighted by Crippen LogP contribution is 2.15. The lowest BCUT2D eigenvalue weighted by molar-refractivity contribution is 0.441. The van der Waals surface area contributed by atoms with Crippen molar-refractivity contribution in [3.63, 3.8) is 0 Å². The number of hydrogen-bond acceptors (Lipinski definition) is 6. The molecule has 0 aliphatic heterocycles. The summed E-state index contributed by atoms with van der Waals surface area (Å²) >= 11 is 1.70. The molecule has 86 valence electrons. The highest BCUT2D eigenvalue weighted by Gasteiger charge is 2.11. The Morgan fingerprint density at radius 1 is 1.50 bits per heavy atom. The minimum absolute atomic E-state index is 0.0739. The van der Waals surface area contributed by atoms with E-state index in [4.69, 9.17) is 4.42 Å². The van der Waals surface area contributed by atoms with Crippen molar-refractivity contribution >= 4 is 17.4 Å². The van der Waals surface area contributed by atoms with E-state index in [1.807, 2.05) is 25.4 Å². The van der Waals surface area contributed by atoms with Gasteiger partial charge in [0.25, 0.3) is 0 Å². The van der Waals surface area contributed by atoms with E-state index >= 15 is 0 Å². The lowest BCUT2D eigenvalue weighted by Gasteiger charge is -2.02. The lowest BCUT2D eigenvalue weighted by atomic mass is 10.3. The molecule has 5 nitrogen and oxygen atoms in total. The molecule has 2 heterocycles. The molecule has 0 saturated heterocycles. The van der Waals surface area contributed by atoms with Gasteiger partial charge in [-0.2, -0.15) is 0 Å². The molecule has 0 radical (unpaired) electrons. The van der Waals surface area contributed by atoms with E-state index < -0.39 is 0 Å². The molecule has 6 heteroatoms. The van der Waals surface area contributed by atoms with Crippen molar-refractivity contribution in [1.82, 2.24) is 15.5 Å². The Labute approximate surface area is 97.9 Å². The maximum absolute atomic E-state index is 5.44. The van der Waals surface area contributed by atoms with E-state index in [0.717, 1.165) is 0 Å². The van der Waals surface area contributed by atoms with E-state index in [-0.39, 0.29) is 6.04 Å². The number of aromatic nitrogens is 2. The van der Waals surface area contributed by atoms with Gasteiger partial charge in [0, 0.05) is 4.88 Å². The molecular weight excluding hydrogens is 224 g/mol. The van der Waals surface area contributed by atoms with Gasteiger partial charge in [0.2, 0.25) is 5.89 Å². The molecule has 1 unspecified atom stereocenters. The van der Waals surface area contributed by atoms with Gasteiger partial charge in [-0.3, -0.25) is 0 Å². The SMILES string of the molecule is CNC(C)c1nnc(NCc2cccs2)o1. The molecule has 0 amide bonds. The van der Waals surface area contributed by atoms with Crippen LogP contribution in [0.5, 0.6) is 0 Å². The molecular formula is C10H14N4OS. The second-order valence-electron chi connectivity index (χ2n) is 3.39. The first-order valence-electron chi connectivity index (χ1n) is 5.06. The zero-order chi connectivity index (χ0) is 11.4. The molecule has 0 aliphatic rings. The van der Waals surface area contributed by atoms with Crippen molar-refractivity contribution in [1.29, 1.82) is 0 Å². The predicted octanol–water partition coefficient (Wildman–Crippen LogP) is 2.02. The van der Waals surface area contributed by atoms with E-state index in [0.29, 0.717) is 18.5 Å². The summed E-state index contributed by atoms with van der Waals surface area (Å²) in [6.07, 6.45) is 0. The number of thiophene rings is 1. The van der Waals surface area contributed by atoms with E-state index in [9.17, 15) is 0 Å². The molecule has 0 bridgehead atoms. The van der Waals surface area contributed by atoms with Crippen LogP contribution in [-0.4, -0.2) is 17.2 Å². The molecule has 0 aromatic carbocycles. The number of anilines is 1. The molecule has 0 saturated carbocycles. The summed E-state index contributed by atoms with van der Waals surface area (Å²) in [6.45, 7) is 2.68. The van der Waals surface area contributed by atoms with E-state index in [1.165, 1.54) is 4.88 Å². The van der Waals surface area contributed by atoms with Crippen LogP contribution in [0.3, 0.4) is 0 Å². The highest BCUT2D eigenvalue weighted by atomic mass is 32.1. The van der Waals surface area contributed by atoms with E-state index in [2.05, 4.69) is 26.9 Å². The summed E-state index contributed by atoms with van der Waals surface area (Å²) in [6, 6.07) is 4.62. The molecule has 16 heavy (non-hydrogen) atoms. The van der Waals surface area contributed by atoms with Crippen molar-refractivity contribution in [2.45, 2.75) is 19.5 Å². The Bertz CT molecular complexity index is 426. The topological polar surface area (TPSA) is 63.0 Å². The Morgan fingerprint density at radius 2 is 2.38 bits per heavy atom. The van der Waals surface area contributed by atoms with Crippen LogP contribution in [0.15, 0.2) is 21.9 Å². The van der Waals surface area contributed by atoms with Crippen LogP contribution in [0.1, 0.15) is 23.7 Å². The van der Waals surface area contributed by atoms with Gasteiger partial charge in [0.15, 0.2) is 0 Å². The summed E-state index contributed by atoms with van der Waals surface area (Å²) in [7, 11) is 1.85. The maximum Gasteiger partial charge on any atom is 0.315 e. The summed E-state index contributed by atoms with van der Waals surface area (Å²) in [5.41, 5.74) is 0. The fourth-order valence-corrected chi connectivity index (χ4v) is 1.82. The van der Waals surface area contributed by atoms with Gasteiger partial charge in [-0.1, -0.05) is 11.2 Å². The highest BCUT2D eigenvalue weighted by molar-refractivity contribution is 7.09. The summed E-state index contributed by atoms with van der Waals surface area (Å²) in [5, 5.41) is 16.0. The third kappa shape index (κ3) is 2.59. The average Bonchev–Trinajstić information content (AvgIpc) is 2.96. The Morgan fingerprint density at radius 3 is 3.06 bits per heavy atom. The molecule has 1 atom stereocenters. The number of nitrogens with one attached hydrogen (secondary N) is 2. The van der Waals surface area contributed by atoms with Crippen LogP contribution in [-0.2, 0) is 6.54 Å². The number of rotatable bonds is 5. The molecule has 0 fully saturated rings. The van der Waals surface area contributed by atoms with Gasteiger partial charge >= 0.3 is 6.01 Å². The van der Waals surface area contributed by atoms with Gasteiger partial charge in [-0.25, -0.2) is 0 Å². The zero-order valence-corrected chi connectivity index (χ0v) is 10.0. The summed E-state index contributed by atoms with van der Waals surface area (Å²) in [4.78, 5) is 1.24. The standard InChI is InChI=1S/C10H14N4OS/c1-7(11-2)9-13-14-10(15-9)12-6-8-4-3-5-16-8/h3-5,7,11H,6H2,1-2H3,(H,12,14). The van der Waals surface area contributed by atoms with Crippen LogP contribution < -0.4 is 10.6 Å². The van der Waals surface area contributed by atoms with Crippen molar-refractivity contribution in [3.05, 3.63) is 28.3 Å². The first-order valence-corrected chi connectivity index (χ1v) is 5.94. The van der Waals surface area contributed by atoms with Crippen molar-refractivity contribution in [2.24, 2.45) is 0 Å². The molecule has 0 aliphatic carbocycles. The van der Waals surface area contributed by atoms with E-state index in [1.54, 1.807) is 11.3 Å². The second kappa shape index (κ2) is 5.09. The quantitative estimate of drug-likeness (QED) is 0.834. The Balaban J connectivity index is 1.93. The van der Waals surface area contributed by atoms with Crippen molar-refractivity contribution in [3.8, 4) is 0 Å². The van der Waals surface area contributed by atoms with Crippen LogP contribution in [0.2, 0.25) is 0 Å². The zero-order valence-electron chi connectivity index (χ0n) is 9.23. The van der Waals surface area contributed by atoms with Crippen LogP contribution in [0.25, 0.3) is 0 Å². The van der Waals surface area contributed by atoms with Crippen molar-refractivity contribution in [2.75, 3.05) is 12.4 Å². The second-order valence-corrected chi connectivity index (χ2v) is 4.42. The number of nitrogens with zero attached hydrogens (tertiary/aromatic N) is 2. The minimum Gasteiger partial charge on any atom is -0.406 e. The normalized spacial score (nSPS) is 12.6. The van der Waals surface area contributed by atoms with Gasteiger partial charge < -0.3 is 15.1 Å². The molecule has 2 aromatic rings. The average molecular weight is 238 g/mol.